The molecule has 1 aromatic rings. The Morgan fingerprint density at radius 1 is 1.35 bits per heavy atom. The minimum atomic E-state index is -1.20. The minimum Gasteiger partial charge on any atom is -0.379 e. The Morgan fingerprint density at radius 2 is 2.00 bits per heavy atom. The number of benzene rings is 1. The van der Waals surface area contributed by atoms with Crippen LogP contribution in [0.25, 0.3) is 0 Å². The maximum absolute atomic E-state index is 11.7. The van der Waals surface area contributed by atoms with Gasteiger partial charge in [0.15, 0.2) is 0 Å². The molecule has 2 unspecified atom stereocenters. The first-order chi connectivity index (χ1) is 9.50. The van der Waals surface area contributed by atoms with Crippen molar-refractivity contribution < 1.29 is 14.3 Å². The SMILES string of the molecule is CCOCC(C)OCCC(N)(C(N)=O)c1ccccc1. The first-order valence-corrected chi connectivity index (χ1v) is 6.84. The molecule has 0 spiro atoms. The van der Waals surface area contributed by atoms with E-state index in [0.29, 0.717) is 31.8 Å². The Balaban J connectivity index is 2.58. The third-order valence-electron chi connectivity index (χ3n) is 3.18. The van der Waals surface area contributed by atoms with E-state index >= 15 is 0 Å². The summed E-state index contributed by atoms with van der Waals surface area (Å²) < 4.78 is 10.9. The highest BCUT2D eigenvalue weighted by molar-refractivity contribution is 5.85. The zero-order valence-electron chi connectivity index (χ0n) is 12.2. The standard InChI is InChI=1S/C15H24N2O3/c1-3-19-11-12(2)20-10-9-15(17,14(16)18)13-7-5-4-6-8-13/h4-8,12H,3,9-11,17H2,1-2H3,(H2,16,18). The van der Waals surface area contributed by atoms with Crippen LogP contribution < -0.4 is 11.5 Å². The van der Waals surface area contributed by atoms with Gasteiger partial charge in [0.05, 0.1) is 12.7 Å². The van der Waals surface area contributed by atoms with Gasteiger partial charge in [-0.05, 0) is 19.4 Å². The second-order valence-electron chi connectivity index (χ2n) is 4.79. The molecule has 0 bridgehead atoms. The van der Waals surface area contributed by atoms with Crippen molar-refractivity contribution in [1.29, 1.82) is 0 Å². The van der Waals surface area contributed by atoms with Crippen LogP contribution in [-0.4, -0.2) is 31.8 Å². The van der Waals surface area contributed by atoms with Gasteiger partial charge in [-0.25, -0.2) is 0 Å². The molecule has 5 nitrogen and oxygen atoms in total. The summed E-state index contributed by atoms with van der Waals surface area (Å²) in [4.78, 5) is 11.7. The summed E-state index contributed by atoms with van der Waals surface area (Å²) in [6, 6.07) is 9.13. The number of nitrogens with two attached hydrogens (primary N) is 2. The average Bonchev–Trinajstić information content (AvgIpc) is 2.45. The van der Waals surface area contributed by atoms with E-state index in [2.05, 4.69) is 0 Å². The predicted octanol–water partition coefficient (Wildman–Crippen LogP) is 1.16. The van der Waals surface area contributed by atoms with Gasteiger partial charge in [-0.15, -0.1) is 0 Å². The fraction of sp³-hybridized carbons (Fsp3) is 0.533. The molecular weight excluding hydrogens is 256 g/mol. The van der Waals surface area contributed by atoms with Gasteiger partial charge in [-0.2, -0.15) is 0 Å². The lowest BCUT2D eigenvalue weighted by Crippen LogP contribution is -2.50. The first kappa shape index (κ1) is 16.6. The maximum atomic E-state index is 11.7. The molecule has 0 aliphatic heterocycles. The van der Waals surface area contributed by atoms with Crippen LogP contribution in [0.3, 0.4) is 0 Å². The molecule has 0 radical (unpaired) electrons. The van der Waals surface area contributed by atoms with E-state index in [-0.39, 0.29) is 6.10 Å². The van der Waals surface area contributed by atoms with Gasteiger partial charge in [0.25, 0.3) is 0 Å². The molecule has 1 rings (SSSR count). The van der Waals surface area contributed by atoms with E-state index in [1.54, 1.807) is 12.1 Å². The van der Waals surface area contributed by atoms with Crippen LogP contribution in [0.15, 0.2) is 30.3 Å². The number of amides is 1. The van der Waals surface area contributed by atoms with Gasteiger partial charge in [-0.3, -0.25) is 4.79 Å². The van der Waals surface area contributed by atoms with E-state index in [1.807, 2.05) is 32.0 Å². The molecule has 0 fully saturated rings. The summed E-state index contributed by atoms with van der Waals surface area (Å²) in [7, 11) is 0. The molecule has 1 aromatic carbocycles. The number of rotatable bonds is 9. The second-order valence-corrected chi connectivity index (χ2v) is 4.79. The van der Waals surface area contributed by atoms with Crippen molar-refractivity contribution in [1.82, 2.24) is 0 Å². The van der Waals surface area contributed by atoms with E-state index in [4.69, 9.17) is 20.9 Å². The van der Waals surface area contributed by atoms with Crippen LogP contribution in [0, 0.1) is 0 Å². The third-order valence-corrected chi connectivity index (χ3v) is 3.18. The molecule has 0 heterocycles. The summed E-state index contributed by atoms with van der Waals surface area (Å²) in [5, 5.41) is 0. The van der Waals surface area contributed by atoms with Crippen LogP contribution >= 0.6 is 0 Å². The van der Waals surface area contributed by atoms with Crippen LogP contribution in [0.1, 0.15) is 25.8 Å². The van der Waals surface area contributed by atoms with E-state index in [1.165, 1.54) is 0 Å². The average molecular weight is 280 g/mol. The van der Waals surface area contributed by atoms with Crippen LogP contribution in [0.5, 0.6) is 0 Å². The highest BCUT2D eigenvalue weighted by Gasteiger charge is 2.33. The highest BCUT2D eigenvalue weighted by Crippen LogP contribution is 2.22. The molecule has 0 aromatic heterocycles. The van der Waals surface area contributed by atoms with E-state index < -0.39 is 11.4 Å². The molecule has 0 aliphatic rings. The Kier molecular flexibility index (Phi) is 6.64. The summed E-state index contributed by atoms with van der Waals surface area (Å²) in [6.45, 7) is 5.37. The van der Waals surface area contributed by atoms with Crippen molar-refractivity contribution in [3.05, 3.63) is 35.9 Å². The Hall–Kier alpha value is -1.43. The van der Waals surface area contributed by atoms with Crippen molar-refractivity contribution in [2.45, 2.75) is 31.9 Å². The first-order valence-electron chi connectivity index (χ1n) is 6.84. The largest absolute Gasteiger partial charge is 0.379 e. The van der Waals surface area contributed by atoms with Gasteiger partial charge in [0.1, 0.15) is 5.54 Å². The van der Waals surface area contributed by atoms with Crippen molar-refractivity contribution >= 4 is 5.91 Å². The molecule has 4 N–H and O–H groups in total. The molecule has 1 amide bonds. The van der Waals surface area contributed by atoms with Gasteiger partial charge in [-0.1, -0.05) is 30.3 Å². The summed E-state index contributed by atoms with van der Waals surface area (Å²) in [5.41, 5.74) is 11.1. The fourth-order valence-corrected chi connectivity index (χ4v) is 1.90. The van der Waals surface area contributed by atoms with Crippen molar-refractivity contribution in [3.63, 3.8) is 0 Å². The number of hydrogen-bond donors (Lipinski definition) is 2. The molecule has 0 saturated heterocycles. The highest BCUT2D eigenvalue weighted by atomic mass is 16.5. The Bertz CT molecular complexity index is 411. The summed E-state index contributed by atoms with van der Waals surface area (Å²) >= 11 is 0. The summed E-state index contributed by atoms with van der Waals surface area (Å²) in [5.74, 6) is -0.551. The van der Waals surface area contributed by atoms with Gasteiger partial charge < -0.3 is 20.9 Å². The fourth-order valence-electron chi connectivity index (χ4n) is 1.90. The third kappa shape index (κ3) is 4.59. The topological polar surface area (TPSA) is 87.6 Å². The van der Waals surface area contributed by atoms with Crippen molar-refractivity contribution in [3.8, 4) is 0 Å². The van der Waals surface area contributed by atoms with Gasteiger partial charge in [0, 0.05) is 19.6 Å². The Morgan fingerprint density at radius 3 is 2.55 bits per heavy atom. The smallest absolute Gasteiger partial charge is 0.242 e. The lowest BCUT2D eigenvalue weighted by atomic mass is 9.87. The van der Waals surface area contributed by atoms with Crippen LogP contribution in [-0.2, 0) is 19.8 Å². The molecule has 0 aliphatic carbocycles. The normalized spacial score (nSPS) is 15.6. The van der Waals surface area contributed by atoms with E-state index in [0.717, 1.165) is 0 Å². The van der Waals surface area contributed by atoms with Crippen molar-refractivity contribution in [2.24, 2.45) is 11.5 Å². The van der Waals surface area contributed by atoms with Crippen LogP contribution in [0.2, 0.25) is 0 Å². The monoisotopic (exact) mass is 280 g/mol. The number of primary amides is 1. The zero-order valence-corrected chi connectivity index (χ0v) is 12.2. The van der Waals surface area contributed by atoms with Crippen molar-refractivity contribution in [2.75, 3.05) is 19.8 Å². The van der Waals surface area contributed by atoms with Crippen LogP contribution in [0.4, 0.5) is 0 Å². The molecule has 0 saturated carbocycles. The maximum Gasteiger partial charge on any atom is 0.242 e. The zero-order chi connectivity index (χ0) is 15.0. The number of hydrogen-bond acceptors (Lipinski definition) is 4. The predicted molar refractivity (Wildman–Crippen MR) is 78.0 cm³/mol. The lowest BCUT2D eigenvalue weighted by Gasteiger charge is -2.27. The molecular formula is C15H24N2O3. The number of carbonyl (C=O) groups is 1. The number of carbonyl (C=O) groups excluding carboxylic acids is 1. The molecule has 112 valence electrons. The van der Waals surface area contributed by atoms with E-state index in [9.17, 15) is 4.79 Å². The Labute approximate surface area is 120 Å². The molecule has 5 heteroatoms. The summed E-state index contributed by atoms with van der Waals surface area (Å²) in [6.07, 6.45) is 0.297. The molecule has 2 atom stereocenters. The molecule has 20 heavy (non-hydrogen) atoms. The lowest BCUT2D eigenvalue weighted by molar-refractivity contribution is -0.124. The van der Waals surface area contributed by atoms with Gasteiger partial charge in [0.2, 0.25) is 5.91 Å². The second kappa shape index (κ2) is 7.99. The minimum absolute atomic E-state index is 0.0390. The quantitative estimate of drug-likeness (QED) is 0.710. The van der Waals surface area contributed by atoms with Gasteiger partial charge >= 0.3 is 0 Å². The number of ether oxygens (including phenoxy) is 2.